The Bertz CT molecular complexity index is 701. The first-order valence-corrected chi connectivity index (χ1v) is 7.22. The molecule has 21 heavy (non-hydrogen) atoms. The highest BCUT2D eigenvalue weighted by Gasteiger charge is 2.36. The number of anilines is 1. The third-order valence-corrected chi connectivity index (χ3v) is 4.39. The number of pyridine rings is 1. The zero-order chi connectivity index (χ0) is 15.0. The smallest absolute Gasteiger partial charge is 0.141 e. The van der Waals surface area contributed by atoms with Gasteiger partial charge >= 0.3 is 0 Å². The molecule has 0 fully saturated rings. The van der Waals surface area contributed by atoms with Crippen LogP contribution in [-0.4, -0.2) is 4.98 Å². The summed E-state index contributed by atoms with van der Waals surface area (Å²) >= 11 is 5.90. The SMILES string of the molecule is C=CC1(C)CC(c2ccc(F)c(Cl)c2)Nc2cccnc21. The van der Waals surface area contributed by atoms with Gasteiger partial charge in [0, 0.05) is 11.6 Å². The van der Waals surface area contributed by atoms with Gasteiger partial charge in [0.15, 0.2) is 0 Å². The molecule has 3 rings (SSSR count). The van der Waals surface area contributed by atoms with Crippen LogP contribution in [0.25, 0.3) is 0 Å². The number of fused-ring (bicyclic) bond motifs is 1. The first-order valence-electron chi connectivity index (χ1n) is 6.84. The number of aromatic nitrogens is 1. The Balaban J connectivity index is 2.04. The number of hydrogen-bond acceptors (Lipinski definition) is 2. The van der Waals surface area contributed by atoms with Gasteiger partial charge in [-0.2, -0.15) is 0 Å². The van der Waals surface area contributed by atoms with Crippen LogP contribution in [-0.2, 0) is 5.41 Å². The maximum Gasteiger partial charge on any atom is 0.141 e. The molecule has 2 aromatic rings. The van der Waals surface area contributed by atoms with Crippen LogP contribution in [0.5, 0.6) is 0 Å². The molecule has 0 amide bonds. The molecule has 2 nitrogen and oxygen atoms in total. The van der Waals surface area contributed by atoms with Crippen molar-refractivity contribution < 1.29 is 4.39 Å². The first-order chi connectivity index (χ1) is 10.0. The Kier molecular flexibility index (Phi) is 3.46. The molecule has 0 aliphatic carbocycles. The van der Waals surface area contributed by atoms with Gasteiger partial charge < -0.3 is 5.32 Å². The summed E-state index contributed by atoms with van der Waals surface area (Å²) in [7, 11) is 0. The third kappa shape index (κ3) is 2.42. The van der Waals surface area contributed by atoms with E-state index < -0.39 is 5.82 Å². The maximum absolute atomic E-state index is 13.3. The summed E-state index contributed by atoms with van der Waals surface area (Å²) < 4.78 is 13.3. The molecule has 0 saturated heterocycles. The van der Waals surface area contributed by atoms with Crippen molar-refractivity contribution in [3.8, 4) is 0 Å². The first kappa shape index (κ1) is 14.1. The molecule has 1 aliphatic rings. The number of nitrogens with one attached hydrogen (secondary N) is 1. The minimum absolute atomic E-state index is 0.0443. The monoisotopic (exact) mass is 302 g/mol. The molecule has 0 spiro atoms. The van der Waals surface area contributed by atoms with Gasteiger partial charge in [-0.25, -0.2) is 4.39 Å². The maximum atomic E-state index is 13.3. The number of rotatable bonds is 2. The van der Waals surface area contributed by atoms with Crippen LogP contribution in [0.4, 0.5) is 10.1 Å². The number of nitrogens with zero attached hydrogens (tertiary/aromatic N) is 1. The largest absolute Gasteiger partial charge is 0.377 e. The Labute approximate surface area is 128 Å². The van der Waals surface area contributed by atoms with E-state index in [1.54, 1.807) is 18.3 Å². The standard InChI is InChI=1S/C17H16ClFN2/c1-3-17(2)10-15(11-6-7-13(19)12(18)9-11)21-14-5-4-8-20-16(14)17/h3-9,15,21H,1,10H2,2H3. The van der Waals surface area contributed by atoms with E-state index in [4.69, 9.17) is 11.6 Å². The second-order valence-electron chi connectivity index (χ2n) is 5.60. The van der Waals surface area contributed by atoms with Gasteiger partial charge in [-0.1, -0.05) is 30.7 Å². The summed E-state index contributed by atoms with van der Waals surface area (Å²) in [6, 6.07) is 8.80. The van der Waals surface area contributed by atoms with Crippen molar-refractivity contribution in [3.63, 3.8) is 0 Å². The summed E-state index contributed by atoms with van der Waals surface area (Å²) in [6.45, 7) is 6.08. The van der Waals surface area contributed by atoms with E-state index in [1.165, 1.54) is 6.07 Å². The fourth-order valence-electron chi connectivity index (χ4n) is 2.85. The molecule has 0 bridgehead atoms. The van der Waals surface area contributed by atoms with Crippen molar-refractivity contribution in [1.29, 1.82) is 0 Å². The van der Waals surface area contributed by atoms with Gasteiger partial charge in [-0.3, -0.25) is 4.98 Å². The molecule has 2 heterocycles. The Morgan fingerprint density at radius 2 is 2.29 bits per heavy atom. The molecule has 4 heteroatoms. The van der Waals surface area contributed by atoms with E-state index in [2.05, 4.69) is 23.8 Å². The fraction of sp³-hybridized carbons (Fsp3) is 0.235. The molecule has 1 aromatic heterocycles. The normalized spacial score (nSPS) is 24.0. The Morgan fingerprint density at radius 3 is 3.00 bits per heavy atom. The van der Waals surface area contributed by atoms with Gasteiger partial charge in [0.2, 0.25) is 0 Å². The Hall–Kier alpha value is -1.87. The second kappa shape index (κ2) is 5.15. The fourth-order valence-corrected chi connectivity index (χ4v) is 3.04. The predicted molar refractivity (Wildman–Crippen MR) is 84.2 cm³/mol. The van der Waals surface area contributed by atoms with Crippen molar-refractivity contribution in [3.05, 3.63) is 71.3 Å². The van der Waals surface area contributed by atoms with Crippen LogP contribution in [0.2, 0.25) is 5.02 Å². The van der Waals surface area contributed by atoms with Crippen LogP contribution >= 0.6 is 11.6 Å². The van der Waals surface area contributed by atoms with Crippen LogP contribution in [0.3, 0.4) is 0 Å². The van der Waals surface area contributed by atoms with Crippen molar-refractivity contribution in [2.45, 2.75) is 24.8 Å². The summed E-state index contributed by atoms with van der Waals surface area (Å²) in [5, 5.41) is 3.60. The molecule has 2 unspecified atom stereocenters. The van der Waals surface area contributed by atoms with Crippen molar-refractivity contribution >= 4 is 17.3 Å². The van der Waals surface area contributed by atoms with Crippen LogP contribution in [0, 0.1) is 5.82 Å². The van der Waals surface area contributed by atoms with Gasteiger partial charge in [-0.05, 0) is 36.2 Å². The summed E-state index contributed by atoms with van der Waals surface area (Å²) in [5.74, 6) is -0.398. The highest BCUT2D eigenvalue weighted by molar-refractivity contribution is 6.30. The van der Waals surface area contributed by atoms with E-state index in [0.717, 1.165) is 23.4 Å². The van der Waals surface area contributed by atoms with Crippen molar-refractivity contribution in [2.24, 2.45) is 0 Å². The van der Waals surface area contributed by atoms with Crippen LogP contribution in [0.1, 0.15) is 30.6 Å². The molecule has 2 atom stereocenters. The van der Waals surface area contributed by atoms with Crippen LogP contribution in [0.15, 0.2) is 49.2 Å². The lowest BCUT2D eigenvalue weighted by molar-refractivity contribution is 0.462. The number of halogens is 2. The topological polar surface area (TPSA) is 24.9 Å². The average Bonchev–Trinajstić information content (AvgIpc) is 2.50. The quantitative estimate of drug-likeness (QED) is 0.800. The zero-order valence-corrected chi connectivity index (χ0v) is 12.5. The van der Waals surface area contributed by atoms with Gasteiger partial charge in [0.1, 0.15) is 5.82 Å². The lowest BCUT2D eigenvalue weighted by atomic mass is 9.75. The van der Waals surface area contributed by atoms with E-state index in [0.29, 0.717) is 0 Å². The third-order valence-electron chi connectivity index (χ3n) is 4.10. The van der Waals surface area contributed by atoms with Gasteiger partial charge in [0.25, 0.3) is 0 Å². The molecule has 1 aromatic carbocycles. The lowest BCUT2D eigenvalue weighted by Gasteiger charge is -2.38. The molecular weight excluding hydrogens is 287 g/mol. The number of hydrogen-bond donors (Lipinski definition) is 1. The van der Waals surface area contributed by atoms with E-state index in [-0.39, 0.29) is 16.5 Å². The summed E-state index contributed by atoms with van der Waals surface area (Å²) in [5.41, 5.74) is 2.71. The molecule has 0 radical (unpaired) electrons. The van der Waals surface area contributed by atoms with Crippen molar-refractivity contribution in [1.82, 2.24) is 4.98 Å². The molecule has 108 valence electrons. The predicted octanol–water partition coefficient (Wildman–Crippen LogP) is 4.87. The van der Waals surface area contributed by atoms with Gasteiger partial charge in [-0.15, -0.1) is 6.58 Å². The minimum atomic E-state index is -0.398. The number of allylic oxidation sites excluding steroid dienone is 1. The van der Waals surface area contributed by atoms with Crippen LogP contribution < -0.4 is 5.32 Å². The second-order valence-corrected chi connectivity index (χ2v) is 6.00. The minimum Gasteiger partial charge on any atom is -0.377 e. The van der Waals surface area contributed by atoms with E-state index >= 15 is 0 Å². The Morgan fingerprint density at radius 1 is 1.48 bits per heavy atom. The van der Waals surface area contributed by atoms with Crippen molar-refractivity contribution in [2.75, 3.05) is 5.32 Å². The zero-order valence-electron chi connectivity index (χ0n) is 11.7. The lowest BCUT2D eigenvalue weighted by Crippen LogP contribution is -2.33. The number of benzene rings is 1. The molecule has 1 N–H and O–H groups in total. The highest BCUT2D eigenvalue weighted by Crippen LogP contribution is 2.44. The average molecular weight is 303 g/mol. The summed E-state index contributed by atoms with van der Waals surface area (Å²) in [4.78, 5) is 4.48. The van der Waals surface area contributed by atoms with E-state index in [1.807, 2.05) is 18.2 Å². The molecule has 0 saturated carbocycles. The van der Waals surface area contributed by atoms with E-state index in [9.17, 15) is 4.39 Å². The summed E-state index contributed by atoms with van der Waals surface area (Å²) in [6.07, 6.45) is 4.51. The van der Waals surface area contributed by atoms with Gasteiger partial charge in [0.05, 0.1) is 22.4 Å². The highest BCUT2D eigenvalue weighted by atomic mass is 35.5. The molecule has 1 aliphatic heterocycles. The molecular formula is C17H16ClFN2.